The molecule has 12 heavy (non-hydrogen) atoms. The highest BCUT2D eigenvalue weighted by molar-refractivity contribution is 4.47. The number of hydrogen-bond acceptors (Lipinski definition) is 0. The van der Waals surface area contributed by atoms with E-state index in [0.717, 1.165) is 5.92 Å². The average molecular weight is 178 g/mol. The Kier molecular flexibility index (Phi) is 33.5. The van der Waals surface area contributed by atoms with Crippen LogP contribution in [0.3, 0.4) is 0 Å². The van der Waals surface area contributed by atoms with Crippen molar-refractivity contribution in [3.8, 4) is 0 Å². The van der Waals surface area contributed by atoms with E-state index in [1.807, 2.05) is 0 Å². The smallest absolute Gasteiger partial charge is 0.0411 e. The normalized spacial score (nSPS) is 8.00. The van der Waals surface area contributed by atoms with Gasteiger partial charge in [0.2, 0.25) is 0 Å². The van der Waals surface area contributed by atoms with Crippen molar-refractivity contribution >= 4 is 0 Å². The minimum atomic E-state index is 0. The predicted octanol–water partition coefficient (Wildman–Crippen LogP) is 5.62. The minimum absolute atomic E-state index is 0. The van der Waals surface area contributed by atoms with Gasteiger partial charge in [-0.15, -0.1) is 0 Å². The van der Waals surface area contributed by atoms with Crippen molar-refractivity contribution in [2.75, 3.05) is 0 Å². The lowest BCUT2D eigenvalue weighted by Crippen LogP contribution is -1.93. The van der Waals surface area contributed by atoms with E-state index < -0.39 is 0 Å². The van der Waals surface area contributed by atoms with Crippen LogP contribution in [0.5, 0.6) is 0 Å². The summed E-state index contributed by atoms with van der Waals surface area (Å²) in [6, 6.07) is 0. The summed E-state index contributed by atoms with van der Waals surface area (Å²) in [7, 11) is 0. The summed E-state index contributed by atoms with van der Waals surface area (Å²) < 4.78 is 0. The van der Waals surface area contributed by atoms with Gasteiger partial charge in [-0.3, -0.25) is 0 Å². The first-order valence-electron chi connectivity index (χ1n) is 3.73. The molecule has 0 aromatic rings. The number of hydrogen-bond donors (Lipinski definition) is 0. The first kappa shape index (κ1) is 29.6. The van der Waals surface area contributed by atoms with E-state index in [9.17, 15) is 0 Å². The van der Waals surface area contributed by atoms with Crippen molar-refractivity contribution in [1.29, 1.82) is 0 Å². The molecule has 0 aliphatic rings. The maximum atomic E-state index is 2.19. The minimum Gasteiger partial charge on any atom is -0.0776 e. The van der Waals surface area contributed by atoms with Gasteiger partial charge in [0, 0.05) is 0 Å². The molecule has 0 aliphatic carbocycles. The van der Waals surface area contributed by atoms with Crippen molar-refractivity contribution in [1.82, 2.24) is 0 Å². The lowest BCUT2D eigenvalue weighted by atomic mass is 10.0. The molecule has 0 aromatic heterocycles. The molecule has 0 aliphatic heterocycles. The average Bonchev–Trinajstić information content (AvgIpc) is 1.19. The van der Waals surface area contributed by atoms with E-state index >= 15 is 0 Å². The Hall–Kier alpha value is 0. The van der Waals surface area contributed by atoms with Crippen LogP contribution in [-0.2, 0) is 0 Å². The van der Waals surface area contributed by atoms with E-state index in [4.69, 9.17) is 0 Å². The van der Waals surface area contributed by atoms with E-state index in [2.05, 4.69) is 48.5 Å². The van der Waals surface area contributed by atoms with Gasteiger partial charge in [-0.1, -0.05) is 70.7 Å². The fraction of sp³-hybridized carbons (Fsp3) is 1.00. The van der Waals surface area contributed by atoms with Gasteiger partial charge in [-0.05, 0) is 11.3 Å². The first-order chi connectivity index (χ1) is 3.73. The van der Waals surface area contributed by atoms with Gasteiger partial charge in [0.25, 0.3) is 0 Å². The van der Waals surface area contributed by atoms with Gasteiger partial charge >= 0.3 is 0 Å². The third-order valence-electron chi connectivity index (χ3n) is 0. The van der Waals surface area contributed by atoms with Crippen molar-refractivity contribution in [3.63, 3.8) is 0 Å². The van der Waals surface area contributed by atoms with Gasteiger partial charge < -0.3 is 0 Å². The summed E-state index contributed by atoms with van der Waals surface area (Å²) in [6.45, 7) is 15.2. The molecule has 0 aromatic carbocycles. The van der Waals surface area contributed by atoms with E-state index in [-0.39, 0.29) is 22.3 Å². The fourth-order valence-electron chi connectivity index (χ4n) is 0. The predicted molar refractivity (Wildman–Crippen MR) is 65.8 cm³/mol. The Balaban J connectivity index is -0.0000000221. The van der Waals surface area contributed by atoms with Crippen LogP contribution in [0.2, 0.25) is 0 Å². The molecule has 0 fully saturated rings. The van der Waals surface area contributed by atoms with Crippen LogP contribution in [0.1, 0.15) is 70.7 Å². The maximum absolute atomic E-state index is 2.19. The van der Waals surface area contributed by atoms with E-state index in [1.165, 1.54) is 0 Å². The molecule has 0 spiro atoms. The Morgan fingerprint density at radius 2 is 0.667 bits per heavy atom. The molecule has 0 bridgehead atoms. The Morgan fingerprint density at radius 1 is 0.667 bits per heavy atom. The van der Waals surface area contributed by atoms with Gasteiger partial charge in [-0.25, -0.2) is 0 Å². The van der Waals surface area contributed by atoms with Crippen molar-refractivity contribution in [2.24, 2.45) is 11.3 Å². The summed E-state index contributed by atoms with van der Waals surface area (Å²) in [5.41, 5.74) is 0.500. The van der Waals surface area contributed by atoms with Gasteiger partial charge in [0.1, 0.15) is 0 Å². The second-order valence-corrected chi connectivity index (χ2v) is 4.73. The molecule has 0 heterocycles. The van der Waals surface area contributed by atoms with Gasteiger partial charge in [0.05, 0.1) is 0 Å². The van der Waals surface area contributed by atoms with Crippen LogP contribution in [0, 0.1) is 11.3 Å². The van der Waals surface area contributed by atoms with Crippen LogP contribution < -0.4 is 0 Å². The summed E-state index contributed by atoms with van der Waals surface area (Å²) in [5, 5.41) is 0. The highest BCUT2D eigenvalue weighted by Gasteiger charge is 1.95. The molecule has 0 saturated carbocycles. The Labute approximate surface area is 82.8 Å². The second kappa shape index (κ2) is 13.6. The zero-order valence-corrected chi connectivity index (χ0v) is 8.08. The molecule has 0 nitrogen and oxygen atoms in total. The zero-order chi connectivity index (χ0) is 8.08. The molecular formula is C12H34. The molecule has 0 radical (unpaired) electrons. The van der Waals surface area contributed by atoms with Crippen LogP contribution in [0.25, 0.3) is 0 Å². The van der Waals surface area contributed by atoms with E-state index in [0.29, 0.717) is 5.41 Å². The van der Waals surface area contributed by atoms with Crippen LogP contribution >= 0.6 is 0 Å². The van der Waals surface area contributed by atoms with Gasteiger partial charge in [-0.2, -0.15) is 0 Å². The molecule has 0 saturated heterocycles. The highest BCUT2D eigenvalue weighted by atomic mass is 14.0. The lowest BCUT2D eigenvalue weighted by molar-refractivity contribution is 0.469. The molecular weight excluding hydrogens is 144 g/mol. The van der Waals surface area contributed by atoms with Crippen molar-refractivity contribution in [2.45, 2.75) is 70.7 Å². The zero-order valence-electron chi connectivity index (χ0n) is 8.08. The van der Waals surface area contributed by atoms with Crippen molar-refractivity contribution in [3.05, 3.63) is 0 Å². The second-order valence-electron chi connectivity index (χ2n) is 4.73. The monoisotopic (exact) mass is 178 g/mol. The fourth-order valence-corrected chi connectivity index (χ4v) is 0. The van der Waals surface area contributed by atoms with Crippen molar-refractivity contribution < 1.29 is 0 Å². The maximum Gasteiger partial charge on any atom is -0.0411 e. The Bertz CT molecular complexity index is 36.8. The molecule has 0 N–H and O–H groups in total. The number of rotatable bonds is 0. The Morgan fingerprint density at radius 3 is 0.667 bits per heavy atom. The molecule has 0 rings (SSSR count). The largest absolute Gasteiger partial charge is 0.0776 e. The SMILES string of the molecule is C.C.C.CC(C)(C)C.CC(C)C. The molecule has 0 amide bonds. The highest BCUT2D eigenvalue weighted by Crippen LogP contribution is 2.07. The topological polar surface area (TPSA) is 0 Å². The van der Waals surface area contributed by atoms with Crippen LogP contribution in [0.15, 0.2) is 0 Å². The summed E-state index contributed by atoms with van der Waals surface area (Å²) in [6.07, 6.45) is 0. The van der Waals surface area contributed by atoms with E-state index in [1.54, 1.807) is 0 Å². The molecule has 82 valence electrons. The molecule has 0 unspecified atom stereocenters. The summed E-state index contributed by atoms with van der Waals surface area (Å²) in [4.78, 5) is 0. The summed E-state index contributed by atoms with van der Waals surface area (Å²) in [5.74, 6) is 0.833. The van der Waals surface area contributed by atoms with Gasteiger partial charge in [0.15, 0.2) is 0 Å². The molecule has 0 heteroatoms. The lowest BCUT2D eigenvalue weighted by Gasteiger charge is -2.05. The first-order valence-corrected chi connectivity index (χ1v) is 3.73. The standard InChI is InChI=1S/C5H12.C4H10.3CH4/c1-5(2,3)4;1-4(2)3;;;/h1-4H3;4H,1-3H3;3*1H4. The van der Waals surface area contributed by atoms with Crippen LogP contribution in [0.4, 0.5) is 0 Å². The quantitative estimate of drug-likeness (QED) is 0.451. The third kappa shape index (κ3) is 0. The molecule has 0 atom stereocenters. The third-order valence-corrected chi connectivity index (χ3v) is 0. The summed E-state index contributed by atoms with van der Waals surface area (Å²) >= 11 is 0. The van der Waals surface area contributed by atoms with Crippen LogP contribution in [-0.4, -0.2) is 0 Å².